The Balaban J connectivity index is 2.17. The van der Waals surface area contributed by atoms with Gasteiger partial charge in [-0.3, -0.25) is 4.90 Å². The molecule has 2 rings (SSSR count). The lowest BCUT2D eigenvalue weighted by atomic mass is 10.0. The average molecular weight is 297 g/mol. The summed E-state index contributed by atoms with van der Waals surface area (Å²) in [6.45, 7) is 2.42. The minimum Gasteiger partial charge on any atom is -0.465 e. The third kappa shape index (κ3) is 3.51. The highest BCUT2D eigenvalue weighted by atomic mass is 35.5. The molecule has 1 atom stereocenters. The van der Waals surface area contributed by atoms with E-state index in [1.165, 1.54) is 20.0 Å². The summed E-state index contributed by atoms with van der Waals surface area (Å²) < 4.78 is 4.75. The molecule has 0 aromatic heterocycles. The number of likely N-dealkylation sites (tertiary alicyclic amines) is 1. The molecule has 1 aromatic carbocycles. The first kappa shape index (κ1) is 15.3. The molecule has 1 aliphatic heterocycles. The van der Waals surface area contributed by atoms with E-state index in [0.717, 1.165) is 25.1 Å². The molecule has 1 fully saturated rings. The molecule has 5 heteroatoms. The highest BCUT2D eigenvalue weighted by Crippen LogP contribution is 2.24. The van der Waals surface area contributed by atoms with Crippen molar-refractivity contribution >= 4 is 17.6 Å². The lowest BCUT2D eigenvalue weighted by Gasteiger charge is -2.35. The van der Waals surface area contributed by atoms with Gasteiger partial charge in [0.1, 0.15) is 0 Å². The van der Waals surface area contributed by atoms with Crippen LogP contribution in [-0.4, -0.2) is 37.1 Å². The third-order valence-corrected chi connectivity index (χ3v) is 4.23. The monoisotopic (exact) mass is 296 g/mol. The number of ether oxygens (including phenoxy) is 1. The molecule has 1 unspecified atom stereocenters. The Labute approximate surface area is 124 Å². The van der Waals surface area contributed by atoms with Crippen molar-refractivity contribution < 1.29 is 9.53 Å². The zero-order chi connectivity index (χ0) is 14.5. The maximum Gasteiger partial charge on any atom is 0.337 e. The number of nitrogens with two attached hydrogens (primary N) is 1. The van der Waals surface area contributed by atoms with E-state index in [1.54, 1.807) is 12.1 Å². The number of piperidine rings is 1. The number of hydrogen-bond donors (Lipinski definition) is 1. The van der Waals surface area contributed by atoms with Crippen LogP contribution in [-0.2, 0) is 11.3 Å². The van der Waals surface area contributed by atoms with E-state index < -0.39 is 0 Å². The Hall–Kier alpha value is -1.10. The number of hydrogen-bond acceptors (Lipinski definition) is 4. The molecule has 20 heavy (non-hydrogen) atoms. The van der Waals surface area contributed by atoms with Gasteiger partial charge < -0.3 is 10.5 Å². The summed E-state index contributed by atoms with van der Waals surface area (Å²) in [5.41, 5.74) is 7.33. The van der Waals surface area contributed by atoms with Gasteiger partial charge in [0.25, 0.3) is 0 Å². The Kier molecular flexibility index (Phi) is 5.40. The van der Waals surface area contributed by atoms with Gasteiger partial charge in [0.05, 0.1) is 12.7 Å². The molecule has 110 valence electrons. The molecule has 0 amide bonds. The van der Waals surface area contributed by atoms with Crippen LogP contribution in [0.4, 0.5) is 0 Å². The fraction of sp³-hybridized carbons (Fsp3) is 0.533. The smallest absolute Gasteiger partial charge is 0.337 e. The number of rotatable bonds is 4. The number of carbonyl (C=O) groups excluding carboxylic acids is 1. The van der Waals surface area contributed by atoms with Crippen molar-refractivity contribution in [2.24, 2.45) is 5.73 Å². The van der Waals surface area contributed by atoms with Crippen molar-refractivity contribution in [2.75, 3.05) is 20.2 Å². The fourth-order valence-electron chi connectivity index (χ4n) is 2.69. The van der Waals surface area contributed by atoms with Gasteiger partial charge in [-0.15, -0.1) is 0 Å². The molecule has 1 aliphatic rings. The second-order valence-corrected chi connectivity index (χ2v) is 5.56. The molecule has 1 saturated heterocycles. The van der Waals surface area contributed by atoms with Crippen LogP contribution in [0, 0.1) is 0 Å². The van der Waals surface area contributed by atoms with Crippen LogP contribution in [0.2, 0.25) is 5.02 Å². The highest BCUT2D eigenvalue weighted by Gasteiger charge is 2.22. The van der Waals surface area contributed by atoms with Gasteiger partial charge in [-0.05, 0) is 43.1 Å². The van der Waals surface area contributed by atoms with Crippen molar-refractivity contribution in [3.8, 4) is 0 Å². The van der Waals surface area contributed by atoms with Gasteiger partial charge >= 0.3 is 5.97 Å². The second kappa shape index (κ2) is 7.07. The zero-order valence-electron chi connectivity index (χ0n) is 11.8. The van der Waals surface area contributed by atoms with Crippen LogP contribution in [0.5, 0.6) is 0 Å². The van der Waals surface area contributed by atoms with Crippen LogP contribution < -0.4 is 5.73 Å². The van der Waals surface area contributed by atoms with Crippen LogP contribution in [0.1, 0.15) is 35.2 Å². The lowest BCUT2D eigenvalue weighted by Crippen LogP contribution is -2.43. The summed E-state index contributed by atoms with van der Waals surface area (Å²) >= 11 is 6.24. The third-order valence-electron chi connectivity index (χ3n) is 3.86. The van der Waals surface area contributed by atoms with Gasteiger partial charge in [-0.2, -0.15) is 0 Å². The largest absolute Gasteiger partial charge is 0.465 e. The van der Waals surface area contributed by atoms with E-state index in [2.05, 4.69) is 4.90 Å². The van der Waals surface area contributed by atoms with E-state index in [4.69, 9.17) is 22.1 Å². The summed E-state index contributed by atoms with van der Waals surface area (Å²) in [4.78, 5) is 13.9. The van der Waals surface area contributed by atoms with Crippen molar-refractivity contribution in [2.45, 2.75) is 31.8 Å². The molecule has 0 radical (unpaired) electrons. The van der Waals surface area contributed by atoms with E-state index >= 15 is 0 Å². The molecule has 1 heterocycles. The lowest BCUT2D eigenvalue weighted by molar-refractivity contribution is 0.0600. The first-order valence-corrected chi connectivity index (χ1v) is 7.34. The van der Waals surface area contributed by atoms with Crippen molar-refractivity contribution in [3.63, 3.8) is 0 Å². The minimum atomic E-state index is -0.336. The Morgan fingerprint density at radius 2 is 2.30 bits per heavy atom. The summed E-state index contributed by atoms with van der Waals surface area (Å²) in [5, 5.41) is 0.680. The van der Waals surface area contributed by atoms with Crippen LogP contribution in [0.3, 0.4) is 0 Å². The summed E-state index contributed by atoms with van der Waals surface area (Å²) in [6.07, 6.45) is 3.55. The van der Waals surface area contributed by atoms with Gasteiger partial charge in [0.15, 0.2) is 0 Å². The topological polar surface area (TPSA) is 55.6 Å². The number of carbonyl (C=O) groups is 1. The number of methoxy groups -OCH3 is 1. The van der Waals surface area contributed by atoms with Gasteiger partial charge in [-0.25, -0.2) is 4.79 Å². The Morgan fingerprint density at radius 3 is 3.00 bits per heavy atom. The van der Waals surface area contributed by atoms with Gasteiger partial charge in [0, 0.05) is 24.2 Å². The fourth-order valence-corrected chi connectivity index (χ4v) is 2.87. The Bertz CT molecular complexity index is 479. The number of halogens is 1. The van der Waals surface area contributed by atoms with E-state index in [0.29, 0.717) is 23.2 Å². The van der Waals surface area contributed by atoms with Crippen LogP contribution >= 0.6 is 11.6 Å². The summed E-state index contributed by atoms with van der Waals surface area (Å²) in [7, 11) is 1.38. The standard InChI is InChI=1S/C15H21ClN2O2/c1-20-15(19)11-5-6-14(16)12(8-11)10-18-7-3-2-4-13(18)9-17/h5-6,8,13H,2-4,7,9-10,17H2,1H3. The first-order valence-electron chi connectivity index (χ1n) is 6.96. The van der Waals surface area contributed by atoms with Gasteiger partial charge in [-0.1, -0.05) is 18.0 Å². The molecule has 0 aliphatic carbocycles. The second-order valence-electron chi connectivity index (χ2n) is 5.15. The predicted molar refractivity (Wildman–Crippen MR) is 79.9 cm³/mol. The van der Waals surface area contributed by atoms with Gasteiger partial charge in [0.2, 0.25) is 0 Å². The van der Waals surface area contributed by atoms with E-state index in [1.807, 2.05) is 6.07 Å². The molecular formula is C15H21ClN2O2. The van der Waals surface area contributed by atoms with Crippen molar-refractivity contribution in [1.82, 2.24) is 4.90 Å². The van der Waals surface area contributed by atoms with E-state index in [-0.39, 0.29) is 5.97 Å². The average Bonchev–Trinajstić information content (AvgIpc) is 2.49. The van der Waals surface area contributed by atoms with Crippen molar-refractivity contribution in [3.05, 3.63) is 34.3 Å². The van der Waals surface area contributed by atoms with Crippen LogP contribution in [0.15, 0.2) is 18.2 Å². The maximum atomic E-state index is 11.6. The summed E-state index contributed by atoms with van der Waals surface area (Å²) in [6, 6.07) is 5.66. The predicted octanol–water partition coefficient (Wildman–Crippen LogP) is 2.44. The normalized spacial score (nSPS) is 19.9. The molecule has 0 spiro atoms. The molecular weight excluding hydrogens is 276 g/mol. The number of benzene rings is 1. The molecule has 0 saturated carbocycles. The van der Waals surface area contributed by atoms with E-state index in [9.17, 15) is 4.79 Å². The SMILES string of the molecule is COC(=O)c1ccc(Cl)c(CN2CCCCC2CN)c1. The molecule has 0 bridgehead atoms. The maximum absolute atomic E-state index is 11.6. The molecule has 4 nitrogen and oxygen atoms in total. The first-order chi connectivity index (χ1) is 9.65. The summed E-state index contributed by atoms with van der Waals surface area (Å²) in [5.74, 6) is -0.336. The minimum absolute atomic E-state index is 0.336. The molecule has 1 aromatic rings. The highest BCUT2D eigenvalue weighted by molar-refractivity contribution is 6.31. The number of esters is 1. The molecule has 2 N–H and O–H groups in total. The Morgan fingerprint density at radius 1 is 1.50 bits per heavy atom. The zero-order valence-corrected chi connectivity index (χ0v) is 12.5. The van der Waals surface area contributed by atoms with Crippen LogP contribution in [0.25, 0.3) is 0 Å². The van der Waals surface area contributed by atoms with Crippen molar-refractivity contribution in [1.29, 1.82) is 0 Å². The number of nitrogens with zero attached hydrogens (tertiary/aromatic N) is 1. The quantitative estimate of drug-likeness (QED) is 0.867.